The Balaban J connectivity index is 2.72. The van der Waals surface area contributed by atoms with Gasteiger partial charge in [-0.3, -0.25) is 4.79 Å². The Bertz CT molecular complexity index is 428. The number of benzene rings is 1. The number of carbonyl (C=O) groups excluding carboxylic acids is 1. The van der Waals surface area contributed by atoms with Crippen molar-refractivity contribution in [3.05, 3.63) is 35.9 Å². The van der Waals surface area contributed by atoms with Gasteiger partial charge in [-0.1, -0.05) is 51.1 Å². The summed E-state index contributed by atoms with van der Waals surface area (Å²) in [5, 5.41) is 3.22. The molecule has 22 heavy (non-hydrogen) atoms. The fourth-order valence-corrected chi connectivity index (χ4v) is 3.14. The molecular formula is C19H32N2O. The highest BCUT2D eigenvalue weighted by Gasteiger charge is 2.30. The second-order valence-corrected chi connectivity index (χ2v) is 5.97. The molecule has 124 valence electrons. The highest BCUT2D eigenvalue weighted by Crippen LogP contribution is 2.30. The van der Waals surface area contributed by atoms with Gasteiger partial charge in [0.25, 0.3) is 0 Å². The van der Waals surface area contributed by atoms with E-state index in [0.717, 1.165) is 38.9 Å². The molecule has 0 aliphatic carbocycles. The van der Waals surface area contributed by atoms with Crippen LogP contribution in [0.3, 0.4) is 0 Å². The molecule has 3 nitrogen and oxygen atoms in total. The molecule has 3 heteroatoms. The van der Waals surface area contributed by atoms with E-state index in [2.05, 4.69) is 55.3 Å². The third-order valence-corrected chi connectivity index (χ3v) is 4.57. The van der Waals surface area contributed by atoms with Crippen LogP contribution in [0.4, 0.5) is 0 Å². The summed E-state index contributed by atoms with van der Waals surface area (Å²) in [6.45, 7) is 11.6. The number of unbranched alkanes of at least 4 members (excludes halogenated alkanes) is 1. The normalized spacial score (nSPS) is 13.9. The van der Waals surface area contributed by atoms with Crippen LogP contribution >= 0.6 is 0 Å². The Morgan fingerprint density at radius 3 is 2.23 bits per heavy atom. The summed E-state index contributed by atoms with van der Waals surface area (Å²) in [5.41, 5.74) is 0.992. The van der Waals surface area contributed by atoms with Gasteiger partial charge in [0.2, 0.25) is 5.91 Å². The van der Waals surface area contributed by atoms with E-state index >= 15 is 0 Å². The summed E-state index contributed by atoms with van der Waals surface area (Å²) >= 11 is 0. The minimum atomic E-state index is -0.226. The SMILES string of the molecule is CCN(CC)CCCCC(CC)(NC(C)=O)c1ccccc1. The van der Waals surface area contributed by atoms with Crippen LogP contribution in [-0.2, 0) is 10.3 Å². The molecule has 0 aliphatic rings. The van der Waals surface area contributed by atoms with Crippen LogP contribution in [0, 0.1) is 0 Å². The monoisotopic (exact) mass is 304 g/mol. The standard InChI is InChI=1S/C19H32N2O/c1-5-19(20-17(4)22,18-13-9-8-10-14-18)15-11-12-16-21(6-2)7-3/h8-10,13-14H,5-7,11-12,15-16H2,1-4H3,(H,20,22). The van der Waals surface area contributed by atoms with Gasteiger partial charge in [-0.15, -0.1) is 0 Å². The maximum Gasteiger partial charge on any atom is 0.217 e. The van der Waals surface area contributed by atoms with Crippen LogP contribution in [0.5, 0.6) is 0 Å². The molecule has 0 saturated heterocycles. The quantitative estimate of drug-likeness (QED) is 0.664. The van der Waals surface area contributed by atoms with Crippen molar-refractivity contribution in [2.24, 2.45) is 0 Å². The highest BCUT2D eigenvalue weighted by molar-refractivity contribution is 5.74. The van der Waals surface area contributed by atoms with Crippen molar-refractivity contribution in [1.29, 1.82) is 0 Å². The molecule has 0 saturated carbocycles. The molecule has 1 unspecified atom stereocenters. The number of amides is 1. The van der Waals surface area contributed by atoms with E-state index in [1.165, 1.54) is 12.0 Å². The maximum atomic E-state index is 11.7. The predicted octanol–water partition coefficient (Wildman–Crippen LogP) is 3.94. The lowest BCUT2D eigenvalue weighted by molar-refractivity contribution is -0.121. The van der Waals surface area contributed by atoms with Crippen LogP contribution in [0.2, 0.25) is 0 Å². The van der Waals surface area contributed by atoms with Crippen LogP contribution in [-0.4, -0.2) is 30.4 Å². The molecule has 0 spiro atoms. The highest BCUT2D eigenvalue weighted by atomic mass is 16.1. The van der Waals surface area contributed by atoms with Crippen molar-refractivity contribution < 1.29 is 4.79 Å². The van der Waals surface area contributed by atoms with Crippen LogP contribution < -0.4 is 5.32 Å². The van der Waals surface area contributed by atoms with Gasteiger partial charge in [0.15, 0.2) is 0 Å². The van der Waals surface area contributed by atoms with E-state index in [9.17, 15) is 4.79 Å². The Morgan fingerprint density at radius 1 is 1.09 bits per heavy atom. The van der Waals surface area contributed by atoms with Crippen molar-refractivity contribution in [2.45, 2.75) is 58.9 Å². The minimum Gasteiger partial charge on any atom is -0.347 e. The molecular weight excluding hydrogens is 272 g/mol. The summed E-state index contributed by atoms with van der Waals surface area (Å²) in [6.07, 6.45) is 4.21. The molecule has 1 N–H and O–H groups in total. The lowest BCUT2D eigenvalue weighted by atomic mass is 9.82. The summed E-state index contributed by atoms with van der Waals surface area (Å²) in [5.74, 6) is 0.0504. The zero-order chi connectivity index (χ0) is 16.4. The lowest BCUT2D eigenvalue weighted by Gasteiger charge is -2.34. The molecule has 0 aliphatic heterocycles. The van der Waals surface area contributed by atoms with Crippen LogP contribution in [0.25, 0.3) is 0 Å². The van der Waals surface area contributed by atoms with Crippen molar-refractivity contribution >= 4 is 5.91 Å². The molecule has 0 heterocycles. The predicted molar refractivity (Wildman–Crippen MR) is 93.9 cm³/mol. The summed E-state index contributed by atoms with van der Waals surface area (Å²) < 4.78 is 0. The molecule has 0 radical (unpaired) electrons. The smallest absolute Gasteiger partial charge is 0.217 e. The van der Waals surface area contributed by atoms with E-state index in [4.69, 9.17) is 0 Å². The van der Waals surface area contributed by atoms with Gasteiger partial charge in [0, 0.05) is 6.92 Å². The Kier molecular flexibility index (Phi) is 8.18. The molecule has 0 aromatic heterocycles. The maximum absolute atomic E-state index is 11.7. The number of nitrogens with one attached hydrogen (secondary N) is 1. The zero-order valence-corrected chi connectivity index (χ0v) is 14.7. The lowest BCUT2D eigenvalue weighted by Crippen LogP contribution is -2.44. The largest absolute Gasteiger partial charge is 0.347 e. The average Bonchev–Trinajstić information content (AvgIpc) is 2.54. The van der Waals surface area contributed by atoms with Gasteiger partial charge in [-0.25, -0.2) is 0 Å². The van der Waals surface area contributed by atoms with E-state index in [-0.39, 0.29) is 11.4 Å². The van der Waals surface area contributed by atoms with Crippen LogP contribution in [0.1, 0.15) is 58.9 Å². The third kappa shape index (κ3) is 5.45. The first-order chi connectivity index (χ1) is 10.6. The fourth-order valence-electron chi connectivity index (χ4n) is 3.14. The topological polar surface area (TPSA) is 32.3 Å². The van der Waals surface area contributed by atoms with Crippen LogP contribution in [0.15, 0.2) is 30.3 Å². The summed E-state index contributed by atoms with van der Waals surface area (Å²) in [7, 11) is 0. The Morgan fingerprint density at radius 2 is 1.73 bits per heavy atom. The van der Waals surface area contributed by atoms with Crippen molar-refractivity contribution in [3.63, 3.8) is 0 Å². The molecule has 1 atom stereocenters. The van der Waals surface area contributed by atoms with Crippen molar-refractivity contribution in [1.82, 2.24) is 10.2 Å². The van der Waals surface area contributed by atoms with Crippen molar-refractivity contribution in [2.75, 3.05) is 19.6 Å². The Labute approximate surface area is 136 Å². The molecule has 1 aromatic rings. The molecule has 1 rings (SSSR count). The number of hydrogen-bond acceptors (Lipinski definition) is 2. The van der Waals surface area contributed by atoms with E-state index in [0.29, 0.717) is 0 Å². The van der Waals surface area contributed by atoms with Gasteiger partial charge in [-0.2, -0.15) is 0 Å². The first kappa shape index (κ1) is 18.7. The van der Waals surface area contributed by atoms with E-state index in [1.54, 1.807) is 6.92 Å². The fraction of sp³-hybridized carbons (Fsp3) is 0.632. The van der Waals surface area contributed by atoms with Gasteiger partial charge in [0.1, 0.15) is 0 Å². The zero-order valence-electron chi connectivity index (χ0n) is 14.7. The number of rotatable bonds is 10. The Hall–Kier alpha value is -1.35. The molecule has 1 aromatic carbocycles. The van der Waals surface area contributed by atoms with Gasteiger partial charge in [0.05, 0.1) is 5.54 Å². The molecule has 1 amide bonds. The molecule has 0 bridgehead atoms. The number of carbonyl (C=O) groups is 1. The summed E-state index contributed by atoms with van der Waals surface area (Å²) in [4.78, 5) is 14.2. The van der Waals surface area contributed by atoms with Crippen molar-refractivity contribution in [3.8, 4) is 0 Å². The number of nitrogens with zero attached hydrogens (tertiary/aromatic N) is 1. The van der Waals surface area contributed by atoms with E-state index in [1.807, 2.05) is 6.07 Å². The molecule has 0 fully saturated rings. The second kappa shape index (κ2) is 9.62. The first-order valence-electron chi connectivity index (χ1n) is 8.64. The summed E-state index contributed by atoms with van der Waals surface area (Å²) in [6, 6.07) is 10.4. The third-order valence-electron chi connectivity index (χ3n) is 4.57. The average molecular weight is 304 g/mol. The van der Waals surface area contributed by atoms with Gasteiger partial charge >= 0.3 is 0 Å². The minimum absolute atomic E-state index is 0.0504. The van der Waals surface area contributed by atoms with Gasteiger partial charge in [-0.05, 0) is 50.9 Å². The van der Waals surface area contributed by atoms with Gasteiger partial charge < -0.3 is 10.2 Å². The number of hydrogen-bond donors (Lipinski definition) is 1. The van der Waals surface area contributed by atoms with E-state index < -0.39 is 0 Å². The second-order valence-electron chi connectivity index (χ2n) is 5.97. The first-order valence-corrected chi connectivity index (χ1v) is 8.64.